The molecule has 0 amide bonds. The van der Waals surface area contributed by atoms with E-state index < -0.39 is 12.5 Å². The van der Waals surface area contributed by atoms with Gasteiger partial charge in [-0.2, -0.15) is 8.78 Å². The van der Waals surface area contributed by atoms with Gasteiger partial charge in [0.1, 0.15) is 0 Å². The SMILES string of the molecule is OC/C=C\C(F)(F)/C=C\COC1CCCCO1. The third-order valence-electron chi connectivity index (χ3n) is 2.30. The molecule has 17 heavy (non-hydrogen) atoms. The Morgan fingerprint density at radius 3 is 2.71 bits per heavy atom. The molecule has 1 heterocycles. The molecule has 0 aromatic carbocycles. The van der Waals surface area contributed by atoms with Gasteiger partial charge in [-0.05, 0) is 31.4 Å². The molecule has 1 fully saturated rings. The van der Waals surface area contributed by atoms with Crippen LogP contribution in [-0.4, -0.2) is 37.1 Å². The number of ether oxygens (including phenoxy) is 2. The molecule has 0 saturated carbocycles. The topological polar surface area (TPSA) is 38.7 Å². The first kappa shape index (κ1) is 14.3. The Morgan fingerprint density at radius 2 is 2.06 bits per heavy atom. The number of aliphatic hydroxyl groups is 1. The second kappa shape index (κ2) is 7.53. The molecule has 0 bridgehead atoms. The zero-order valence-corrected chi connectivity index (χ0v) is 9.65. The summed E-state index contributed by atoms with van der Waals surface area (Å²) >= 11 is 0. The summed E-state index contributed by atoms with van der Waals surface area (Å²) in [5.41, 5.74) is 0. The minimum absolute atomic E-state index is 0.104. The molecular formula is C12H18F2O3. The Balaban J connectivity index is 2.22. The Labute approximate surface area is 99.7 Å². The van der Waals surface area contributed by atoms with Gasteiger partial charge < -0.3 is 14.6 Å². The Bertz CT molecular complexity index is 258. The molecule has 0 aromatic heterocycles. The summed E-state index contributed by atoms with van der Waals surface area (Å²) in [5.74, 6) is -3.04. The molecule has 0 aromatic rings. The second-order valence-electron chi connectivity index (χ2n) is 3.79. The molecule has 1 N–H and O–H groups in total. The maximum Gasteiger partial charge on any atom is 0.285 e. The highest BCUT2D eigenvalue weighted by molar-refractivity contribution is 5.08. The molecule has 1 unspecified atom stereocenters. The first-order chi connectivity index (χ1) is 8.14. The van der Waals surface area contributed by atoms with Crippen LogP contribution in [0.4, 0.5) is 8.78 Å². The van der Waals surface area contributed by atoms with Gasteiger partial charge in [0.25, 0.3) is 5.92 Å². The van der Waals surface area contributed by atoms with Crippen molar-refractivity contribution < 1.29 is 23.4 Å². The summed E-state index contributed by atoms with van der Waals surface area (Å²) in [4.78, 5) is 0. The van der Waals surface area contributed by atoms with Crippen molar-refractivity contribution in [1.29, 1.82) is 0 Å². The van der Waals surface area contributed by atoms with E-state index in [2.05, 4.69) is 0 Å². The molecule has 1 rings (SSSR count). The predicted octanol–water partition coefficient (Wildman–Crippen LogP) is 2.27. The average Bonchev–Trinajstić information content (AvgIpc) is 2.34. The predicted molar refractivity (Wildman–Crippen MR) is 59.9 cm³/mol. The highest BCUT2D eigenvalue weighted by Crippen LogP contribution is 2.17. The van der Waals surface area contributed by atoms with E-state index in [0.29, 0.717) is 12.7 Å². The van der Waals surface area contributed by atoms with Crippen LogP contribution in [0.25, 0.3) is 0 Å². The highest BCUT2D eigenvalue weighted by Gasteiger charge is 2.19. The second-order valence-corrected chi connectivity index (χ2v) is 3.79. The van der Waals surface area contributed by atoms with Crippen LogP contribution in [0.3, 0.4) is 0 Å². The van der Waals surface area contributed by atoms with E-state index in [0.717, 1.165) is 31.4 Å². The quantitative estimate of drug-likeness (QED) is 0.733. The largest absolute Gasteiger partial charge is 0.392 e. The van der Waals surface area contributed by atoms with Crippen molar-refractivity contribution in [1.82, 2.24) is 0 Å². The lowest BCUT2D eigenvalue weighted by molar-refractivity contribution is -0.155. The highest BCUT2D eigenvalue weighted by atomic mass is 19.3. The van der Waals surface area contributed by atoms with E-state index in [4.69, 9.17) is 14.6 Å². The lowest BCUT2D eigenvalue weighted by Gasteiger charge is -2.21. The number of rotatable bonds is 6. The zero-order valence-electron chi connectivity index (χ0n) is 9.65. The fraction of sp³-hybridized carbons (Fsp3) is 0.667. The third kappa shape index (κ3) is 6.51. The average molecular weight is 248 g/mol. The molecule has 3 nitrogen and oxygen atoms in total. The third-order valence-corrected chi connectivity index (χ3v) is 2.30. The lowest BCUT2D eigenvalue weighted by Crippen LogP contribution is -2.22. The molecule has 5 heteroatoms. The van der Waals surface area contributed by atoms with Crippen LogP contribution in [0, 0.1) is 0 Å². The minimum atomic E-state index is -3.04. The fourth-order valence-electron chi connectivity index (χ4n) is 1.48. The van der Waals surface area contributed by atoms with Gasteiger partial charge in [0.05, 0.1) is 13.2 Å². The summed E-state index contributed by atoms with van der Waals surface area (Å²) in [6.07, 6.45) is 6.30. The normalized spacial score (nSPS) is 22.6. The molecular weight excluding hydrogens is 230 g/mol. The Hall–Kier alpha value is -0.780. The van der Waals surface area contributed by atoms with E-state index in [9.17, 15) is 8.78 Å². The maximum absolute atomic E-state index is 13.0. The molecule has 98 valence electrons. The lowest BCUT2D eigenvalue weighted by atomic mass is 10.2. The van der Waals surface area contributed by atoms with Crippen molar-refractivity contribution in [2.45, 2.75) is 31.5 Å². The molecule has 1 saturated heterocycles. The summed E-state index contributed by atoms with van der Waals surface area (Å²) in [6.45, 7) is 0.382. The van der Waals surface area contributed by atoms with Gasteiger partial charge in [-0.1, -0.05) is 12.2 Å². The van der Waals surface area contributed by atoms with Crippen molar-refractivity contribution in [2.75, 3.05) is 19.8 Å². The van der Waals surface area contributed by atoms with Gasteiger partial charge in [-0.25, -0.2) is 0 Å². The smallest absolute Gasteiger partial charge is 0.285 e. The standard InChI is InChI=1S/C12H18F2O3/c13-12(14,6-3-8-15)7-4-10-17-11-5-1-2-9-16-11/h3-4,6-7,11,15H,1-2,5,8-10H2/b6-3-,7-4-. The summed E-state index contributed by atoms with van der Waals surface area (Å²) in [6, 6.07) is 0. The fourth-order valence-corrected chi connectivity index (χ4v) is 1.48. The summed E-state index contributed by atoms with van der Waals surface area (Å²) in [5, 5.41) is 8.39. The van der Waals surface area contributed by atoms with Crippen LogP contribution < -0.4 is 0 Å². The number of alkyl halides is 2. The van der Waals surface area contributed by atoms with Crippen LogP contribution in [0.1, 0.15) is 19.3 Å². The van der Waals surface area contributed by atoms with Gasteiger partial charge >= 0.3 is 0 Å². The molecule has 0 radical (unpaired) electrons. The van der Waals surface area contributed by atoms with Gasteiger partial charge in [0, 0.05) is 6.61 Å². The van der Waals surface area contributed by atoms with E-state index in [-0.39, 0.29) is 12.9 Å². The van der Waals surface area contributed by atoms with Crippen LogP contribution >= 0.6 is 0 Å². The number of hydrogen-bond acceptors (Lipinski definition) is 3. The minimum Gasteiger partial charge on any atom is -0.392 e. The van der Waals surface area contributed by atoms with Gasteiger partial charge in [0.15, 0.2) is 6.29 Å². The maximum atomic E-state index is 13.0. The van der Waals surface area contributed by atoms with E-state index in [1.165, 1.54) is 6.08 Å². The summed E-state index contributed by atoms with van der Waals surface area (Å²) in [7, 11) is 0. The number of hydrogen-bond donors (Lipinski definition) is 1. The Kier molecular flexibility index (Phi) is 6.32. The van der Waals surface area contributed by atoms with Crippen LogP contribution in [0.5, 0.6) is 0 Å². The van der Waals surface area contributed by atoms with Crippen molar-refractivity contribution in [3.05, 3.63) is 24.3 Å². The summed E-state index contributed by atoms with van der Waals surface area (Å²) < 4.78 is 36.6. The van der Waals surface area contributed by atoms with Crippen LogP contribution in [0.15, 0.2) is 24.3 Å². The van der Waals surface area contributed by atoms with Gasteiger partial charge in [0.2, 0.25) is 0 Å². The van der Waals surface area contributed by atoms with Crippen molar-refractivity contribution >= 4 is 0 Å². The van der Waals surface area contributed by atoms with Crippen LogP contribution in [-0.2, 0) is 9.47 Å². The van der Waals surface area contributed by atoms with E-state index in [1.807, 2.05) is 0 Å². The van der Waals surface area contributed by atoms with Crippen LogP contribution in [0.2, 0.25) is 0 Å². The van der Waals surface area contributed by atoms with Crippen molar-refractivity contribution in [3.63, 3.8) is 0 Å². The van der Waals surface area contributed by atoms with E-state index >= 15 is 0 Å². The van der Waals surface area contributed by atoms with Gasteiger partial charge in [-0.15, -0.1) is 0 Å². The first-order valence-corrected chi connectivity index (χ1v) is 5.71. The number of allylic oxidation sites excluding steroid dienone is 2. The molecule has 1 aliphatic rings. The van der Waals surface area contributed by atoms with Gasteiger partial charge in [-0.3, -0.25) is 0 Å². The van der Waals surface area contributed by atoms with Crippen molar-refractivity contribution in [2.24, 2.45) is 0 Å². The molecule has 0 spiro atoms. The monoisotopic (exact) mass is 248 g/mol. The number of halogens is 2. The van der Waals surface area contributed by atoms with Crippen molar-refractivity contribution in [3.8, 4) is 0 Å². The van der Waals surface area contributed by atoms with E-state index in [1.54, 1.807) is 0 Å². The zero-order chi connectivity index (χ0) is 12.6. The molecule has 1 aliphatic heterocycles. The Morgan fingerprint density at radius 1 is 1.29 bits per heavy atom. The molecule has 1 atom stereocenters. The first-order valence-electron chi connectivity index (χ1n) is 5.71. The molecule has 0 aliphatic carbocycles. The number of aliphatic hydroxyl groups excluding tert-OH is 1.